The fourth-order valence-corrected chi connectivity index (χ4v) is 4.30. The van der Waals surface area contributed by atoms with Crippen molar-refractivity contribution in [3.8, 4) is 0 Å². The highest BCUT2D eigenvalue weighted by molar-refractivity contribution is 7.89. The summed E-state index contributed by atoms with van der Waals surface area (Å²) >= 11 is 0. The van der Waals surface area contributed by atoms with E-state index in [1.54, 1.807) is 24.9 Å². The summed E-state index contributed by atoms with van der Waals surface area (Å²) in [6.07, 6.45) is 4.69. The zero-order valence-electron chi connectivity index (χ0n) is 13.3. The van der Waals surface area contributed by atoms with Gasteiger partial charge in [0.1, 0.15) is 10.7 Å². The molecule has 0 aromatic carbocycles. The van der Waals surface area contributed by atoms with E-state index in [1.807, 2.05) is 18.2 Å². The topological polar surface area (TPSA) is 80.1 Å². The van der Waals surface area contributed by atoms with Gasteiger partial charge >= 0.3 is 0 Å². The molecule has 1 aliphatic rings. The molecule has 0 spiro atoms. The molecule has 2 aromatic rings. The molecule has 0 amide bonds. The maximum absolute atomic E-state index is 12.5. The normalized spacial score (nSPS) is 16.7. The number of pyridine rings is 1. The van der Waals surface area contributed by atoms with Crippen LogP contribution in [0, 0.1) is 6.92 Å². The summed E-state index contributed by atoms with van der Waals surface area (Å²) in [7, 11) is -1.78. The van der Waals surface area contributed by atoms with Crippen LogP contribution in [0.2, 0.25) is 0 Å². The van der Waals surface area contributed by atoms with Gasteiger partial charge in [0, 0.05) is 32.4 Å². The summed E-state index contributed by atoms with van der Waals surface area (Å²) in [4.78, 5) is 6.78. The Morgan fingerprint density at radius 2 is 2.00 bits per heavy atom. The molecule has 1 fully saturated rings. The van der Waals surface area contributed by atoms with Gasteiger partial charge in [0.15, 0.2) is 0 Å². The number of aryl methyl sites for hydroxylation is 1. The third-order valence-corrected chi connectivity index (χ3v) is 5.89. The van der Waals surface area contributed by atoms with E-state index >= 15 is 0 Å². The lowest BCUT2D eigenvalue weighted by molar-refractivity contribution is 0.458. The lowest BCUT2D eigenvalue weighted by atomic mass is 10.1. The minimum Gasteiger partial charge on any atom is -0.357 e. The second-order valence-electron chi connectivity index (χ2n) is 5.79. The Balaban J connectivity index is 1.63. The molecule has 124 valence electrons. The number of hydrogen-bond acceptors (Lipinski definition) is 5. The summed E-state index contributed by atoms with van der Waals surface area (Å²) in [5, 5.41) is 4.01. The van der Waals surface area contributed by atoms with Crippen LogP contribution >= 0.6 is 0 Å². The predicted octanol–water partition coefficient (Wildman–Crippen LogP) is 1.07. The third kappa shape index (κ3) is 3.37. The van der Waals surface area contributed by atoms with Crippen molar-refractivity contribution < 1.29 is 8.42 Å². The molecule has 0 unspecified atom stereocenters. The van der Waals surface area contributed by atoms with Crippen LogP contribution in [0.4, 0.5) is 5.82 Å². The van der Waals surface area contributed by atoms with Crippen LogP contribution in [0.1, 0.15) is 18.5 Å². The van der Waals surface area contributed by atoms with Crippen LogP contribution in [0.15, 0.2) is 35.5 Å². The summed E-state index contributed by atoms with van der Waals surface area (Å²) in [6, 6.07) is 5.77. The Labute approximate surface area is 136 Å². The monoisotopic (exact) mass is 335 g/mol. The van der Waals surface area contributed by atoms with Crippen molar-refractivity contribution >= 4 is 15.8 Å². The standard InChI is InChI=1S/C15H21N5O2S/c1-12-14(11-17-19(12)2)23(21,22)18-13-6-9-20(10-7-13)15-5-3-4-8-16-15/h3-5,8,11,13,18H,6-7,9-10H2,1-2H3. The van der Waals surface area contributed by atoms with Gasteiger partial charge in [0.05, 0.1) is 11.9 Å². The minimum absolute atomic E-state index is 0.0560. The number of sulfonamides is 1. The van der Waals surface area contributed by atoms with E-state index in [9.17, 15) is 8.42 Å². The van der Waals surface area contributed by atoms with E-state index in [0.717, 1.165) is 31.7 Å². The second-order valence-corrected chi connectivity index (χ2v) is 7.47. The zero-order chi connectivity index (χ0) is 16.4. The largest absolute Gasteiger partial charge is 0.357 e. The molecule has 1 aliphatic heterocycles. The average molecular weight is 335 g/mol. The third-order valence-electron chi connectivity index (χ3n) is 4.27. The molecule has 3 heterocycles. The van der Waals surface area contributed by atoms with Gasteiger partial charge in [-0.05, 0) is 31.9 Å². The van der Waals surface area contributed by atoms with Crippen LogP contribution in [0.25, 0.3) is 0 Å². The fourth-order valence-electron chi connectivity index (χ4n) is 2.79. The number of piperidine rings is 1. The molecular weight excluding hydrogens is 314 g/mol. The highest BCUT2D eigenvalue weighted by atomic mass is 32.2. The Bertz CT molecular complexity index is 764. The van der Waals surface area contributed by atoms with Crippen LogP contribution in [-0.4, -0.2) is 42.3 Å². The molecule has 1 saturated heterocycles. The molecule has 1 N–H and O–H groups in total. The van der Waals surface area contributed by atoms with Crippen molar-refractivity contribution in [2.75, 3.05) is 18.0 Å². The predicted molar refractivity (Wildman–Crippen MR) is 87.7 cm³/mol. The number of anilines is 1. The molecule has 23 heavy (non-hydrogen) atoms. The van der Waals surface area contributed by atoms with E-state index in [0.29, 0.717) is 5.69 Å². The Kier molecular flexibility index (Phi) is 4.36. The highest BCUT2D eigenvalue weighted by Crippen LogP contribution is 2.20. The molecule has 3 rings (SSSR count). The molecule has 0 radical (unpaired) electrons. The maximum atomic E-state index is 12.5. The highest BCUT2D eigenvalue weighted by Gasteiger charge is 2.27. The van der Waals surface area contributed by atoms with Crippen molar-refractivity contribution in [1.29, 1.82) is 0 Å². The van der Waals surface area contributed by atoms with E-state index < -0.39 is 10.0 Å². The van der Waals surface area contributed by atoms with Gasteiger partial charge in [-0.3, -0.25) is 4.68 Å². The second kappa shape index (κ2) is 6.29. The summed E-state index contributed by atoms with van der Waals surface area (Å²) in [5.74, 6) is 0.942. The van der Waals surface area contributed by atoms with E-state index in [-0.39, 0.29) is 10.9 Å². The van der Waals surface area contributed by atoms with Crippen molar-refractivity contribution in [3.05, 3.63) is 36.3 Å². The van der Waals surface area contributed by atoms with Crippen LogP contribution in [-0.2, 0) is 17.1 Å². The Morgan fingerprint density at radius 3 is 2.57 bits per heavy atom. The first-order valence-electron chi connectivity index (χ1n) is 7.64. The Morgan fingerprint density at radius 1 is 1.26 bits per heavy atom. The SMILES string of the molecule is Cc1c(S(=O)(=O)NC2CCN(c3ccccn3)CC2)cnn1C. The lowest BCUT2D eigenvalue weighted by Gasteiger charge is -2.32. The molecular formula is C15H21N5O2S. The van der Waals surface area contributed by atoms with Crippen molar-refractivity contribution in [1.82, 2.24) is 19.5 Å². The van der Waals surface area contributed by atoms with Crippen molar-refractivity contribution in [3.63, 3.8) is 0 Å². The first-order chi connectivity index (χ1) is 11.0. The quantitative estimate of drug-likeness (QED) is 0.904. The Hall–Kier alpha value is -1.93. The van der Waals surface area contributed by atoms with E-state index in [4.69, 9.17) is 0 Å². The van der Waals surface area contributed by atoms with Crippen LogP contribution < -0.4 is 9.62 Å². The number of nitrogens with zero attached hydrogens (tertiary/aromatic N) is 4. The molecule has 8 heteroatoms. The molecule has 7 nitrogen and oxygen atoms in total. The van der Waals surface area contributed by atoms with E-state index in [2.05, 4.69) is 19.7 Å². The van der Waals surface area contributed by atoms with Gasteiger partial charge in [-0.2, -0.15) is 5.10 Å². The summed E-state index contributed by atoms with van der Waals surface area (Å²) < 4.78 is 29.4. The van der Waals surface area contributed by atoms with E-state index in [1.165, 1.54) is 6.20 Å². The summed E-state index contributed by atoms with van der Waals surface area (Å²) in [6.45, 7) is 3.33. The van der Waals surface area contributed by atoms with Crippen LogP contribution in [0.5, 0.6) is 0 Å². The first kappa shape index (κ1) is 15.9. The van der Waals surface area contributed by atoms with Gasteiger partial charge in [-0.1, -0.05) is 6.07 Å². The van der Waals surface area contributed by atoms with Gasteiger partial charge in [0.2, 0.25) is 10.0 Å². The molecule has 0 saturated carbocycles. The summed E-state index contributed by atoms with van der Waals surface area (Å²) in [5.41, 5.74) is 0.642. The maximum Gasteiger partial charge on any atom is 0.244 e. The smallest absolute Gasteiger partial charge is 0.244 e. The van der Waals surface area contributed by atoms with Crippen molar-refractivity contribution in [2.24, 2.45) is 7.05 Å². The zero-order valence-corrected chi connectivity index (χ0v) is 14.1. The molecule has 2 aromatic heterocycles. The number of aromatic nitrogens is 3. The molecule has 0 atom stereocenters. The number of hydrogen-bond donors (Lipinski definition) is 1. The first-order valence-corrected chi connectivity index (χ1v) is 9.12. The van der Waals surface area contributed by atoms with Crippen LogP contribution in [0.3, 0.4) is 0 Å². The lowest BCUT2D eigenvalue weighted by Crippen LogP contribution is -2.44. The van der Waals surface area contributed by atoms with Gasteiger partial charge < -0.3 is 4.90 Å². The average Bonchev–Trinajstić information content (AvgIpc) is 2.89. The fraction of sp³-hybridized carbons (Fsp3) is 0.467. The molecule has 0 aliphatic carbocycles. The molecule has 0 bridgehead atoms. The van der Waals surface area contributed by atoms with Crippen molar-refractivity contribution in [2.45, 2.75) is 30.7 Å². The number of nitrogens with one attached hydrogen (secondary N) is 1. The van der Waals surface area contributed by atoms with Gasteiger partial charge in [-0.25, -0.2) is 18.1 Å². The van der Waals surface area contributed by atoms with Gasteiger partial charge in [0.25, 0.3) is 0 Å². The van der Waals surface area contributed by atoms with Gasteiger partial charge in [-0.15, -0.1) is 0 Å². The number of rotatable bonds is 4. The minimum atomic E-state index is -3.52.